The average molecular weight is 163 g/mol. The smallest absolute Gasteiger partial charge is 0.303 e. The Bertz CT molecular complexity index is 112. The molecule has 0 aromatic carbocycles. The molecule has 0 heterocycles. The van der Waals surface area contributed by atoms with E-state index in [0.717, 1.165) is 5.75 Å². The summed E-state index contributed by atoms with van der Waals surface area (Å²) in [5.74, 6) is 0.789. The van der Waals surface area contributed by atoms with Crippen LogP contribution in [0.5, 0.6) is 0 Å². The Morgan fingerprint density at radius 3 is 2.40 bits per heavy atom. The van der Waals surface area contributed by atoms with Crippen LogP contribution in [-0.4, -0.2) is 30.3 Å². The minimum Gasteiger partial charge on any atom is -0.458 e. The Labute approximate surface area is 65.3 Å². The molecule has 0 aliphatic rings. The van der Waals surface area contributed by atoms with Crippen molar-refractivity contribution in [1.29, 1.82) is 0 Å². The van der Waals surface area contributed by atoms with Crippen LogP contribution in [0.1, 0.15) is 13.8 Å². The molecule has 0 aromatic heterocycles. The SMILES string of the molecule is CC(=O)OC(C)C[S+](C)C. The van der Waals surface area contributed by atoms with E-state index in [9.17, 15) is 4.79 Å². The molecule has 0 saturated heterocycles. The van der Waals surface area contributed by atoms with E-state index in [1.807, 2.05) is 6.92 Å². The lowest BCUT2D eigenvalue weighted by Gasteiger charge is -2.08. The topological polar surface area (TPSA) is 26.3 Å². The monoisotopic (exact) mass is 163 g/mol. The van der Waals surface area contributed by atoms with Crippen LogP contribution in [0.2, 0.25) is 0 Å². The molecule has 10 heavy (non-hydrogen) atoms. The van der Waals surface area contributed by atoms with Gasteiger partial charge in [-0.05, 0) is 17.8 Å². The van der Waals surface area contributed by atoms with E-state index in [0.29, 0.717) is 10.9 Å². The molecule has 60 valence electrons. The molecule has 0 bridgehead atoms. The van der Waals surface area contributed by atoms with Crippen LogP contribution in [0.3, 0.4) is 0 Å². The molecule has 0 amide bonds. The van der Waals surface area contributed by atoms with Gasteiger partial charge in [0.1, 0.15) is 11.9 Å². The highest BCUT2D eigenvalue weighted by atomic mass is 32.2. The third-order valence-electron chi connectivity index (χ3n) is 0.935. The van der Waals surface area contributed by atoms with Crippen molar-refractivity contribution in [3.8, 4) is 0 Å². The van der Waals surface area contributed by atoms with E-state index in [1.165, 1.54) is 6.92 Å². The number of esters is 1. The summed E-state index contributed by atoms with van der Waals surface area (Å²) in [5.41, 5.74) is 0. The molecule has 0 saturated carbocycles. The zero-order valence-electron chi connectivity index (χ0n) is 7.01. The summed E-state index contributed by atoms with van der Waals surface area (Å²) in [5, 5.41) is 0. The van der Waals surface area contributed by atoms with Crippen molar-refractivity contribution >= 4 is 16.9 Å². The summed E-state index contributed by atoms with van der Waals surface area (Å²) in [4.78, 5) is 10.4. The molecule has 0 N–H and O–H groups in total. The Balaban J connectivity index is 3.43. The molecule has 0 rings (SSSR count). The van der Waals surface area contributed by atoms with Gasteiger partial charge in [0.15, 0.2) is 0 Å². The lowest BCUT2D eigenvalue weighted by molar-refractivity contribution is -0.144. The van der Waals surface area contributed by atoms with Gasteiger partial charge in [-0.15, -0.1) is 0 Å². The van der Waals surface area contributed by atoms with Crippen molar-refractivity contribution in [1.82, 2.24) is 0 Å². The molecule has 1 atom stereocenters. The number of ether oxygens (including phenoxy) is 1. The maximum atomic E-state index is 10.4. The fraction of sp³-hybridized carbons (Fsp3) is 0.857. The molecular weight excluding hydrogens is 148 g/mol. The van der Waals surface area contributed by atoms with Gasteiger partial charge < -0.3 is 4.74 Å². The summed E-state index contributed by atoms with van der Waals surface area (Å²) in [7, 11) is 0.361. The lowest BCUT2D eigenvalue weighted by Crippen LogP contribution is -2.21. The van der Waals surface area contributed by atoms with Crippen LogP contribution in [0, 0.1) is 0 Å². The van der Waals surface area contributed by atoms with Gasteiger partial charge in [-0.25, -0.2) is 0 Å². The second-order valence-electron chi connectivity index (χ2n) is 2.57. The minimum absolute atomic E-state index is 0.0795. The second kappa shape index (κ2) is 4.61. The largest absolute Gasteiger partial charge is 0.458 e. The number of carbonyl (C=O) groups is 1. The minimum atomic E-state index is -0.182. The normalized spacial score (nSPS) is 13.3. The molecule has 1 unspecified atom stereocenters. The third-order valence-corrected chi connectivity index (χ3v) is 2.07. The van der Waals surface area contributed by atoms with Gasteiger partial charge in [0.2, 0.25) is 0 Å². The zero-order chi connectivity index (χ0) is 8.15. The Kier molecular flexibility index (Phi) is 4.52. The van der Waals surface area contributed by atoms with Crippen LogP contribution in [0.15, 0.2) is 0 Å². The van der Waals surface area contributed by atoms with Gasteiger partial charge in [0.05, 0.1) is 12.5 Å². The molecule has 2 nitrogen and oxygen atoms in total. The zero-order valence-corrected chi connectivity index (χ0v) is 7.83. The van der Waals surface area contributed by atoms with Crippen molar-refractivity contribution in [2.75, 3.05) is 18.3 Å². The van der Waals surface area contributed by atoms with E-state index in [-0.39, 0.29) is 12.1 Å². The Morgan fingerprint density at radius 2 is 2.10 bits per heavy atom. The quantitative estimate of drug-likeness (QED) is 0.455. The molecule has 0 aromatic rings. The van der Waals surface area contributed by atoms with E-state index in [2.05, 4.69) is 12.5 Å². The summed E-state index contributed by atoms with van der Waals surface area (Å²) in [6.45, 7) is 3.37. The molecule has 0 fully saturated rings. The Hall–Kier alpha value is -0.180. The van der Waals surface area contributed by atoms with E-state index >= 15 is 0 Å². The molecule has 3 heteroatoms. The van der Waals surface area contributed by atoms with Crippen LogP contribution < -0.4 is 0 Å². The first kappa shape index (κ1) is 9.82. The van der Waals surface area contributed by atoms with Gasteiger partial charge in [-0.2, -0.15) is 0 Å². The number of hydrogen-bond donors (Lipinski definition) is 0. The highest BCUT2D eigenvalue weighted by molar-refractivity contribution is 7.95. The van der Waals surface area contributed by atoms with Crippen molar-refractivity contribution in [2.24, 2.45) is 0 Å². The van der Waals surface area contributed by atoms with Crippen molar-refractivity contribution in [3.63, 3.8) is 0 Å². The van der Waals surface area contributed by atoms with Crippen LogP contribution >= 0.6 is 0 Å². The predicted octanol–water partition coefficient (Wildman–Crippen LogP) is 0.816. The first-order valence-corrected chi connectivity index (χ1v) is 5.45. The van der Waals surface area contributed by atoms with Gasteiger partial charge in [-0.3, -0.25) is 4.79 Å². The summed E-state index contributed by atoms with van der Waals surface area (Å²) >= 11 is 0. The second-order valence-corrected chi connectivity index (χ2v) is 4.88. The van der Waals surface area contributed by atoms with Crippen molar-refractivity contribution in [2.45, 2.75) is 20.0 Å². The highest BCUT2D eigenvalue weighted by Crippen LogP contribution is 1.96. The third kappa shape index (κ3) is 5.95. The van der Waals surface area contributed by atoms with Crippen molar-refractivity contribution < 1.29 is 9.53 Å². The molecule has 0 radical (unpaired) electrons. The average Bonchev–Trinajstić information content (AvgIpc) is 1.58. The number of hydrogen-bond acceptors (Lipinski definition) is 2. The summed E-state index contributed by atoms with van der Waals surface area (Å²) in [6.07, 6.45) is 4.36. The molecule has 0 aliphatic carbocycles. The summed E-state index contributed by atoms with van der Waals surface area (Å²) in [6, 6.07) is 0. The number of carbonyl (C=O) groups excluding carboxylic acids is 1. The van der Waals surface area contributed by atoms with Gasteiger partial charge in [-0.1, -0.05) is 0 Å². The first-order chi connectivity index (χ1) is 4.52. The Morgan fingerprint density at radius 1 is 1.60 bits per heavy atom. The van der Waals surface area contributed by atoms with Gasteiger partial charge in [0, 0.05) is 6.92 Å². The van der Waals surface area contributed by atoms with Gasteiger partial charge in [0.25, 0.3) is 0 Å². The first-order valence-electron chi connectivity index (χ1n) is 3.23. The van der Waals surface area contributed by atoms with E-state index in [1.54, 1.807) is 0 Å². The number of rotatable bonds is 3. The highest BCUT2D eigenvalue weighted by Gasteiger charge is 2.12. The fourth-order valence-electron chi connectivity index (χ4n) is 0.787. The van der Waals surface area contributed by atoms with Crippen LogP contribution in [0.25, 0.3) is 0 Å². The molecular formula is C7H15O2S+. The molecule has 0 aliphatic heterocycles. The summed E-state index contributed by atoms with van der Waals surface area (Å²) < 4.78 is 4.93. The predicted molar refractivity (Wildman–Crippen MR) is 45.3 cm³/mol. The fourth-order valence-corrected chi connectivity index (χ4v) is 1.79. The maximum absolute atomic E-state index is 10.4. The standard InChI is InChI=1S/C7H15O2S/c1-6(5-10(3)4)9-7(2)8/h6H,5H2,1-4H3/q+1. The van der Waals surface area contributed by atoms with Crippen molar-refractivity contribution in [3.05, 3.63) is 0 Å². The van der Waals surface area contributed by atoms with E-state index in [4.69, 9.17) is 4.74 Å². The lowest BCUT2D eigenvalue weighted by atomic mass is 10.5. The van der Waals surface area contributed by atoms with Gasteiger partial charge >= 0.3 is 5.97 Å². The van der Waals surface area contributed by atoms with Crippen LogP contribution in [-0.2, 0) is 20.4 Å². The molecule has 0 spiro atoms. The van der Waals surface area contributed by atoms with Crippen LogP contribution in [0.4, 0.5) is 0 Å². The maximum Gasteiger partial charge on any atom is 0.303 e. The van der Waals surface area contributed by atoms with E-state index < -0.39 is 0 Å².